The number of nitrogens with one attached hydrogen (secondary N) is 4. The van der Waals surface area contributed by atoms with Crippen LogP contribution in [0.4, 0.5) is 48.3 Å². The second kappa shape index (κ2) is 10.4. The lowest BCUT2D eigenvalue weighted by Gasteiger charge is -2.13. The number of aromatic nitrogens is 2. The van der Waals surface area contributed by atoms with Crippen molar-refractivity contribution in [2.45, 2.75) is 6.18 Å². The summed E-state index contributed by atoms with van der Waals surface area (Å²) >= 11 is 1.33. The van der Waals surface area contributed by atoms with Gasteiger partial charge in [0, 0.05) is 16.3 Å². The zero-order chi connectivity index (χ0) is 28.6. The molecule has 3 amide bonds. The summed E-state index contributed by atoms with van der Waals surface area (Å²) in [4.78, 5) is 24.5. The van der Waals surface area contributed by atoms with Gasteiger partial charge in [0.2, 0.25) is 0 Å². The first kappa shape index (κ1) is 26.7. The number of benzene rings is 3. The van der Waals surface area contributed by atoms with Crippen LogP contribution in [0.1, 0.15) is 15.9 Å². The van der Waals surface area contributed by atoms with Crippen LogP contribution in [-0.4, -0.2) is 22.1 Å². The molecule has 2 heterocycles. The molecule has 5 rings (SSSR count). The van der Waals surface area contributed by atoms with Gasteiger partial charge in [-0.1, -0.05) is 12.1 Å². The predicted octanol–water partition coefficient (Wildman–Crippen LogP) is 7.62. The number of hydrogen-bond acceptors (Lipinski definition) is 4. The molecular weight excluding hydrogens is 560 g/mol. The minimum Gasteiger partial charge on any atom is -0.305 e. The molecule has 0 aliphatic carbocycles. The van der Waals surface area contributed by atoms with Crippen molar-refractivity contribution >= 4 is 51.4 Å². The summed E-state index contributed by atoms with van der Waals surface area (Å²) in [6, 6.07) is 8.06. The van der Waals surface area contributed by atoms with Crippen molar-refractivity contribution in [2.24, 2.45) is 0 Å². The zero-order valence-corrected chi connectivity index (χ0v) is 20.6. The number of halogens is 6. The maximum absolute atomic E-state index is 15.3. The van der Waals surface area contributed by atoms with E-state index in [4.69, 9.17) is 0 Å². The molecular formula is C26H15F6N5O2S. The number of thiophene rings is 1. The second-order valence-electron chi connectivity index (χ2n) is 8.35. The molecule has 0 saturated carbocycles. The highest BCUT2D eigenvalue weighted by Gasteiger charge is 2.31. The molecule has 0 spiro atoms. The third kappa shape index (κ3) is 5.33. The van der Waals surface area contributed by atoms with Crippen molar-refractivity contribution in [1.82, 2.24) is 10.2 Å². The number of amides is 3. The quantitative estimate of drug-likeness (QED) is 0.162. The summed E-state index contributed by atoms with van der Waals surface area (Å²) in [5, 5.41) is 16.7. The molecule has 0 aliphatic heterocycles. The third-order valence-electron chi connectivity index (χ3n) is 5.76. The van der Waals surface area contributed by atoms with Gasteiger partial charge in [0.25, 0.3) is 5.91 Å². The molecule has 204 valence electrons. The number of hydrogen-bond donors (Lipinski definition) is 4. The monoisotopic (exact) mass is 575 g/mol. The van der Waals surface area contributed by atoms with Crippen molar-refractivity contribution in [3.8, 4) is 11.1 Å². The largest absolute Gasteiger partial charge is 0.416 e. The highest BCUT2D eigenvalue weighted by Crippen LogP contribution is 2.34. The molecule has 0 aliphatic rings. The maximum atomic E-state index is 15.3. The molecule has 40 heavy (non-hydrogen) atoms. The van der Waals surface area contributed by atoms with Gasteiger partial charge in [-0.3, -0.25) is 9.89 Å². The van der Waals surface area contributed by atoms with Gasteiger partial charge in [-0.15, -0.1) is 0 Å². The van der Waals surface area contributed by atoms with Crippen molar-refractivity contribution in [2.75, 3.05) is 16.0 Å². The number of anilines is 3. The normalized spacial score (nSPS) is 11.4. The van der Waals surface area contributed by atoms with Gasteiger partial charge >= 0.3 is 12.2 Å². The summed E-state index contributed by atoms with van der Waals surface area (Å²) in [5.74, 6) is -3.23. The molecule has 0 saturated heterocycles. The molecule has 3 aromatic carbocycles. The lowest BCUT2D eigenvalue weighted by Crippen LogP contribution is -2.21. The number of carbonyl (C=O) groups excluding carboxylic acids is 2. The Morgan fingerprint density at radius 1 is 0.850 bits per heavy atom. The van der Waals surface area contributed by atoms with Crippen LogP contribution in [-0.2, 0) is 6.18 Å². The summed E-state index contributed by atoms with van der Waals surface area (Å²) in [6.45, 7) is 0. The highest BCUT2D eigenvalue weighted by molar-refractivity contribution is 7.08. The Morgan fingerprint density at radius 3 is 2.33 bits per heavy atom. The smallest absolute Gasteiger partial charge is 0.305 e. The Kier molecular flexibility index (Phi) is 6.94. The molecule has 14 heteroatoms. The topological polar surface area (TPSA) is 98.9 Å². The first-order valence-electron chi connectivity index (χ1n) is 11.3. The van der Waals surface area contributed by atoms with Crippen LogP contribution in [0.2, 0.25) is 0 Å². The van der Waals surface area contributed by atoms with E-state index in [0.717, 1.165) is 12.1 Å². The fourth-order valence-corrected chi connectivity index (χ4v) is 4.44. The second-order valence-corrected chi connectivity index (χ2v) is 9.13. The Hall–Kier alpha value is -4.85. The third-order valence-corrected chi connectivity index (χ3v) is 6.45. The van der Waals surface area contributed by atoms with Gasteiger partial charge in [-0.05, 0) is 53.4 Å². The van der Waals surface area contributed by atoms with Crippen molar-refractivity contribution < 1.29 is 35.9 Å². The van der Waals surface area contributed by atoms with E-state index < -0.39 is 52.5 Å². The average molecular weight is 575 g/mol. The van der Waals surface area contributed by atoms with Crippen molar-refractivity contribution in [3.63, 3.8) is 0 Å². The Morgan fingerprint density at radius 2 is 1.62 bits per heavy atom. The molecule has 0 atom stereocenters. The summed E-state index contributed by atoms with van der Waals surface area (Å²) in [5.41, 5.74) is -1.90. The first-order valence-corrected chi connectivity index (χ1v) is 12.2. The van der Waals surface area contributed by atoms with E-state index in [1.165, 1.54) is 29.5 Å². The Bertz CT molecular complexity index is 1750. The van der Waals surface area contributed by atoms with Crippen LogP contribution in [0.15, 0.2) is 65.4 Å². The predicted molar refractivity (Wildman–Crippen MR) is 138 cm³/mol. The number of nitrogens with zero attached hydrogens (tertiary/aromatic N) is 1. The highest BCUT2D eigenvalue weighted by atomic mass is 32.1. The Labute approximate surface area is 224 Å². The van der Waals surface area contributed by atoms with Gasteiger partial charge in [-0.2, -0.15) is 29.6 Å². The van der Waals surface area contributed by atoms with E-state index in [0.29, 0.717) is 23.8 Å². The lowest BCUT2D eigenvalue weighted by molar-refractivity contribution is -0.137. The van der Waals surface area contributed by atoms with E-state index in [1.807, 2.05) is 5.32 Å². The van der Waals surface area contributed by atoms with Gasteiger partial charge in [-0.25, -0.2) is 18.0 Å². The van der Waals surface area contributed by atoms with Crippen LogP contribution in [0.25, 0.3) is 22.0 Å². The number of H-pyrrole nitrogens is 1. The van der Waals surface area contributed by atoms with Crippen LogP contribution < -0.4 is 16.0 Å². The summed E-state index contributed by atoms with van der Waals surface area (Å²) in [7, 11) is 0. The number of rotatable bonds is 5. The molecule has 7 nitrogen and oxygen atoms in total. The fourth-order valence-electron chi connectivity index (χ4n) is 3.80. The van der Waals surface area contributed by atoms with Crippen LogP contribution in [0, 0.1) is 17.5 Å². The Balaban J connectivity index is 1.33. The lowest BCUT2D eigenvalue weighted by atomic mass is 10.0. The number of fused-ring (bicyclic) bond motifs is 1. The van der Waals surface area contributed by atoms with Crippen molar-refractivity contribution in [3.05, 3.63) is 93.9 Å². The zero-order valence-electron chi connectivity index (χ0n) is 19.8. The number of aromatic amines is 1. The van der Waals surface area contributed by atoms with Crippen LogP contribution in [0.5, 0.6) is 0 Å². The number of alkyl halides is 3. The van der Waals surface area contributed by atoms with Gasteiger partial charge in [0.05, 0.1) is 22.5 Å². The number of urea groups is 1. The maximum Gasteiger partial charge on any atom is 0.416 e. The van der Waals surface area contributed by atoms with Gasteiger partial charge < -0.3 is 16.0 Å². The molecule has 2 aromatic heterocycles. The van der Waals surface area contributed by atoms with E-state index in [1.54, 1.807) is 16.8 Å². The van der Waals surface area contributed by atoms with Crippen LogP contribution in [0.3, 0.4) is 0 Å². The molecule has 4 N–H and O–H groups in total. The summed E-state index contributed by atoms with van der Waals surface area (Å²) in [6.07, 6.45) is -4.77. The minimum absolute atomic E-state index is 0.0206. The van der Waals surface area contributed by atoms with E-state index >= 15 is 4.39 Å². The van der Waals surface area contributed by atoms with E-state index in [9.17, 15) is 31.5 Å². The standard InChI is InChI=1S/C26H15F6N5O2S/c27-17-5-2-14(26(30,31)32)10-20(17)34-25(39)33-19-6-1-12(9-18(19)28)15-3-4-16-22(21(15)29)36-37-23(16)35-24(38)13-7-8-40-11-13/h1-11H,(H2,33,34,39)(H2,35,36,37,38). The van der Waals surface area contributed by atoms with E-state index in [-0.39, 0.29) is 27.8 Å². The minimum atomic E-state index is -4.77. The molecule has 0 radical (unpaired) electrons. The SMILES string of the molecule is O=C(Nc1ccc(-c2ccc3c(NC(=O)c4ccsc4)n[nH]c3c2F)cc1F)Nc1cc(C(F)(F)F)ccc1F. The summed E-state index contributed by atoms with van der Waals surface area (Å²) < 4.78 is 82.7. The average Bonchev–Trinajstić information content (AvgIpc) is 3.57. The van der Waals surface area contributed by atoms with Gasteiger partial charge in [0.1, 0.15) is 17.2 Å². The molecule has 0 unspecified atom stereocenters. The molecule has 0 bridgehead atoms. The van der Waals surface area contributed by atoms with E-state index in [2.05, 4.69) is 20.8 Å². The number of carbonyl (C=O) groups is 2. The fraction of sp³-hybridized carbons (Fsp3) is 0.0385. The van der Waals surface area contributed by atoms with Crippen molar-refractivity contribution in [1.29, 1.82) is 0 Å². The molecule has 5 aromatic rings. The van der Waals surface area contributed by atoms with Crippen LogP contribution >= 0.6 is 11.3 Å². The van der Waals surface area contributed by atoms with Gasteiger partial charge in [0.15, 0.2) is 11.6 Å². The first-order chi connectivity index (χ1) is 19.0. The molecule has 0 fully saturated rings.